The van der Waals surface area contributed by atoms with Crippen molar-refractivity contribution in [3.8, 4) is 0 Å². The molecule has 1 nitrogen and oxygen atoms in total. The van der Waals surface area contributed by atoms with Gasteiger partial charge in [-0.3, -0.25) is 0 Å². The van der Waals surface area contributed by atoms with Crippen LogP contribution in [0.25, 0.3) is 0 Å². The highest BCUT2D eigenvalue weighted by atomic mass is 32.2. The van der Waals surface area contributed by atoms with Crippen molar-refractivity contribution in [3.05, 3.63) is 29.8 Å². The van der Waals surface area contributed by atoms with Crippen LogP contribution in [-0.4, -0.2) is 17.8 Å². The summed E-state index contributed by atoms with van der Waals surface area (Å²) in [5, 5.41) is 4.24. The van der Waals surface area contributed by atoms with Crippen molar-refractivity contribution in [1.82, 2.24) is 5.32 Å². The van der Waals surface area contributed by atoms with Gasteiger partial charge in [0.2, 0.25) is 0 Å². The number of hydrogen-bond acceptors (Lipinski definition) is 2. The number of thioether (sulfide) groups is 1. The Hall–Kier alpha value is -0.470. The normalized spacial score (nSPS) is 17.4. The van der Waals surface area contributed by atoms with Crippen LogP contribution in [0.3, 0.4) is 0 Å². The monoisotopic (exact) mass is 249 g/mol. The van der Waals surface area contributed by atoms with Crippen LogP contribution in [0, 0.1) is 0 Å². The minimum atomic E-state index is 0.628. The highest BCUT2D eigenvalue weighted by Gasteiger charge is 2.20. The second-order valence-corrected chi connectivity index (χ2v) is 6.85. The van der Waals surface area contributed by atoms with Crippen molar-refractivity contribution >= 4 is 11.8 Å². The maximum atomic E-state index is 3.59. The summed E-state index contributed by atoms with van der Waals surface area (Å²) < 4.78 is 0. The molecule has 0 aliphatic heterocycles. The van der Waals surface area contributed by atoms with E-state index in [1.54, 1.807) is 0 Å². The molecule has 2 rings (SSSR count). The van der Waals surface area contributed by atoms with E-state index in [9.17, 15) is 0 Å². The number of nitrogens with one attached hydrogen (secondary N) is 1. The van der Waals surface area contributed by atoms with Crippen LogP contribution in [0.4, 0.5) is 0 Å². The molecule has 1 aliphatic carbocycles. The minimum absolute atomic E-state index is 0.628. The first-order valence-electron chi connectivity index (χ1n) is 6.65. The predicted octanol–water partition coefficient (Wildman–Crippen LogP) is 4.04. The second-order valence-electron chi connectivity index (χ2n) is 5.33. The summed E-state index contributed by atoms with van der Waals surface area (Å²) in [6, 6.07) is 9.85. The molecule has 94 valence electrons. The summed E-state index contributed by atoms with van der Waals surface area (Å²) in [5.41, 5.74) is 1.43. The molecule has 0 spiro atoms. The molecule has 1 aromatic rings. The summed E-state index contributed by atoms with van der Waals surface area (Å²) in [5.74, 6) is 0.628. The first kappa shape index (κ1) is 13.0. The van der Waals surface area contributed by atoms with Crippen molar-refractivity contribution < 1.29 is 0 Å². The van der Waals surface area contributed by atoms with Gasteiger partial charge in [-0.1, -0.05) is 32.9 Å². The molecule has 1 saturated carbocycles. The lowest BCUT2D eigenvalue weighted by Gasteiger charge is -2.13. The molecule has 0 heterocycles. The molecular formula is C15H23NS. The molecule has 0 radical (unpaired) electrons. The van der Waals surface area contributed by atoms with Gasteiger partial charge in [0.05, 0.1) is 0 Å². The third-order valence-electron chi connectivity index (χ3n) is 3.16. The highest BCUT2D eigenvalue weighted by Crippen LogP contribution is 2.26. The number of rotatable bonds is 6. The zero-order chi connectivity index (χ0) is 12.3. The lowest BCUT2D eigenvalue weighted by molar-refractivity contribution is 0.679. The van der Waals surface area contributed by atoms with Gasteiger partial charge in [-0.15, -0.1) is 11.8 Å². The Kier molecular flexibility index (Phi) is 4.52. The first-order valence-corrected chi connectivity index (χ1v) is 7.53. The third kappa shape index (κ3) is 4.36. The van der Waals surface area contributed by atoms with Crippen LogP contribution in [0.2, 0.25) is 0 Å². The molecule has 1 aromatic carbocycles. The fourth-order valence-electron chi connectivity index (χ4n) is 1.83. The Balaban J connectivity index is 1.80. The zero-order valence-corrected chi connectivity index (χ0v) is 11.9. The van der Waals surface area contributed by atoms with Gasteiger partial charge >= 0.3 is 0 Å². The van der Waals surface area contributed by atoms with Crippen LogP contribution in [0.5, 0.6) is 0 Å². The Labute approximate surface area is 109 Å². The Morgan fingerprint density at radius 2 is 1.82 bits per heavy atom. The molecule has 0 aromatic heterocycles. The molecule has 2 heteroatoms. The average molecular weight is 249 g/mol. The molecule has 1 unspecified atom stereocenters. The first-order chi connectivity index (χ1) is 8.15. The zero-order valence-electron chi connectivity index (χ0n) is 11.1. The molecule has 0 saturated heterocycles. The Bertz CT molecular complexity index is 340. The maximum Gasteiger partial charge on any atom is 0.0191 e. The topological polar surface area (TPSA) is 12.0 Å². The summed E-state index contributed by atoms with van der Waals surface area (Å²) in [6.45, 7) is 7.91. The Morgan fingerprint density at radius 1 is 1.18 bits per heavy atom. The maximum absolute atomic E-state index is 3.59. The molecule has 0 amide bonds. The van der Waals surface area contributed by atoms with Gasteiger partial charge in [0.1, 0.15) is 0 Å². The summed E-state index contributed by atoms with van der Waals surface area (Å²) in [4.78, 5) is 1.39. The van der Waals surface area contributed by atoms with Crippen molar-refractivity contribution in [2.45, 2.75) is 55.7 Å². The quantitative estimate of drug-likeness (QED) is 0.764. The predicted molar refractivity (Wildman–Crippen MR) is 76.9 cm³/mol. The van der Waals surface area contributed by atoms with E-state index in [1.807, 2.05) is 11.8 Å². The van der Waals surface area contributed by atoms with Crippen LogP contribution >= 0.6 is 11.8 Å². The lowest BCUT2D eigenvalue weighted by Crippen LogP contribution is -2.24. The van der Waals surface area contributed by atoms with Gasteiger partial charge in [0, 0.05) is 22.7 Å². The third-order valence-corrected chi connectivity index (χ3v) is 4.27. The van der Waals surface area contributed by atoms with Crippen LogP contribution in [0.1, 0.15) is 45.1 Å². The van der Waals surface area contributed by atoms with E-state index in [4.69, 9.17) is 0 Å². The van der Waals surface area contributed by atoms with Crippen LogP contribution in [-0.2, 0) is 0 Å². The van der Waals surface area contributed by atoms with Gasteiger partial charge in [-0.05, 0) is 36.5 Å². The summed E-state index contributed by atoms with van der Waals surface area (Å²) in [6.07, 6.45) is 2.75. The number of benzene rings is 1. The van der Waals surface area contributed by atoms with Crippen molar-refractivity contribution in [2.24, 2.45) is 0 Å². The van der Waals surface area contributed by atoms with Gasteiger partial charge < -0.3 is 5.32 Å². The van der Waals surface area contributed by atoms with Crippen LogP contribution < -0.4 is 5.32 Å². The van der Waals surface area contributed by atoms with E-state index >= 15 is 0 Å². The van der Waals surface area contributed by atoms with E-state index in [-0.39, 0.29) is 0 Å². The van der Waals surface area contributed by atoms with Crippen molar-refractivity contribution in [2.75, 3.05) is 6.54 Å². The second kappa shape index (κ2) is 5.92. The highest BCUT2D eigenvalue weighted by molar-refractivity contribution is 8.00. The van der Waals surface area contributed by atoms with Crippen molar-refractivity contribution in [3.63, 3.8) is 0 Å². The van der Waals surface area contributed by atoms with E-state index in [0.29, 0.717) is 11.2 Å². The molecule has 1 fully saturated rings. The number of hydrogen-bond donors (Lipinski definition) is 1. The molecule has 0 bridgehead atoms. The largest absolute Gasteiger partial charge is 0.313 e. The smallest absolute Gasteiger partial charge is 0.0191 e. The Morgan fingerprint density at radius 3 is 2.35 bits per heavy atom. The van der Waals surface area contributed by atoms with Crippen LogP contribution in [0.15, 0.2) is 29.2 Å². The SMILES string of the molecule is CC(CNC1CC1)Sc1ccc(C(C)C)cc1. The van der Waals surface area contributed by atoms with E-state index < -0.39 is 0 Å². The minimum Gasteiger partial charge on any atom is -0.313 e. The summed E-state index contributed by atoms with van der Waals surface area (Å²) in [7, 11) is 0. The molecular weight excluding hydrogens is 226 g/mol. The van der Waals surface area contributed by atoms with Gasteiger partial charge in [-0.25, -0.2) is 0 Å². The summed E-state index contributed by atoms with van der Waals surface area (Å²) >= 11 is 1.97. The average Bonchev–Trinajstić information content (AvgIpc) is 3.11. The standard InChI is InChI=1S/C15H23NS/c1-11(2)13-4-8-15(9-5-13)17-12(3)10-16-14-6-7-14/h4-5,8-9,11-12,14,16H,6-7,10H2,1-3H3. The van der Waals surface area contributed by atoms with Gasteiger partial charge in [-0.2, -0.15) is 0 Å². The lowest BCUT2D eigenvalue weighted by atomic mass is 10.0. The molecule has 1 atom stereocenters. The molecule has 17 heavy (non-hydrogen) atoms. The van der Waals surface area contributed by atoms with Gasteiger partial charge in [0.15, 0.2) is 0 Å². The van der Waals surface area contributed by atoms with Gasteiger partial charge in [0.25, 0.3) is 0 Å². The van der Waals surface area contributed by atoms with E-state index in [2.05, 4.69) is 50.4 Å². The van der Waals surface area contributed by atoms with Crippen molar-refractivity contribution in [1.29, 1.82) is 0 Å². The molecule has 1 aliphatic rings. The van der Waals surface area contributed by atoms with E-state index in [1.165, 1.54) is 23.3 Å². The molecule has 1 N–H and O–H groups in total. The fraction of sp³-hybridized carbons (Fsp3) is 0.600. The van der Waals surface area contributed by atoms with E-state index in [0.717, 1.165) is 12.6 Å². The fourth-order valence-corrected chi connectivity index (χ4v) is 2.76.